The average molecular weight is 418 g/mol. The zero-order valence-corrected chi connectivity index (χ0v) is 18.5. The number of rotatable bonds is 12. The highest BCUT2D eigenvalue weighted by Gasteiger charge is 2.18. The Kier molecular flexibility index (Phi) is 8.65. The third-order valence-electron chi connectivity index (χ3n) is 4.92. The number of ketones is 1. The lowest BCUT2D eigenvalue weighted by Crippen LogP contribution is -2.05. The third kappa shape index (κ3) is 5.09. The first-order valence-corrected chi connectivity index (χ1v) is 9.61. The smallest absolute Gasteiger partial charge is 0.203 e. The molecule has 2 rings (SSSR count). The van der Waals surface area contributed by atoms with E-state index in [0.29, 0.717) is 60.2 Å². The maximum Gasteiger partial charge on any atom is 0.203 e. The van der Waals surface area contributed by atoms with Crippen LogP contribution in [-0.4, -0.2) is 48.4 Å². The summed E-state index contributed by atoms with van der Waals surface area (Å²) in [5.74, 6) is 3.55. The van der Waals surface area contributed by atoms with Crippen LogP contribution in [0.2, 0.25) is 0 Å². The Labute approximate surface area is 177 Å². The van der Waals surface area contributed by atoms with E-state index in [-0.39, 0.29) is 5.78 Å². The van der Waals surface area contributed by atoms with E-state index in [2.05, 4.69) is 0 Å². The fourth-order valence-electron chi connectivity index (χ4n) is 3.39. The number of ether oxygens (including phenoxy) is 6. The number of hydrogen-bond acceptors (Lipinski definition) is 7. The van der Waals surface area contributed by atoms with Crippen LogP contribution in [0.15, 0.2) is 24.3 Å². The van der Waals surface area contributed by atoms with Gasteiger partial charge in [-0.1, -0.05) is 12.1 Å². The largest absolute Gasteiger partial charge is 0.493 e. The quantitative estimate of drug-likeness (QED) is 0.518. The lowest BCUT2D eigenvalue weighted by molar-refractivity contribution is -0.119. The molecule has 0 atom stereocenters. The van der Waals surface area contributed by atoms with Crippen molar-refractivity contribution in [1.82, 2.24) is 0 Å². The van der Waals surface area contributed by atoms with E-state index in [4.69, 9.17) is 28.4 Å². The van der Waals surface area contributed by atoms with Crippen molar-refractivity contribution < 1.29 is 33.2 Å². The lowest BCUT2D eigenvalue weighted by atomic mass is 10.0. The van der Waals surface area contributed by atoms with Crippen LogP contribution in [0.25, 0.3) is 0 Å². The van der Waals surface area contributed by atoms with Crippen molar-refractivity contribution >= 4 is 5.78 Å². The molecule has 0 aliphatic heterocycles. The first-order chi connectivity index (χ1) is 14.5. The van der Waals surface area contributed by atoms with E-state index in [0.717, 1.165) is 11.1 Å². The van der Waals surface area contributed by atoms with Crippen LogP contribution in [0.5, 0.6) is 34.5 Å². The highest BCUT2D eigenvalue weighted by molar-refractivity contribution is 5.79. The second-order valence-corrected chi connectivity index (χ2v) is 6.53. The number of benzene rings is 2. The number of aryl methyl sites for hydroxylation is 2. The summed E-state index contributed by atoms with van der Waals surface area (Å²) in [4.78, 5) is 12.6. The van der Waals surface area contributed by atoms with E-state index in [1.54, 1.807) is 42.7 Å². The molecular formula is C23H30O7. The maximum atomic E-state index is 12.6. The molecule has 0 saturated carbocycles. The van der Waals surface area contributed by atoms with Gasteiger partial charge in [-0.3, -0.25) is 4.79 Å². The predicted octanol–water partition coefficient (Wildman–Crippen LogP) is 3.87. The molecule has 7 heteroatoms. The van der Waals surface area contributed by atoms with Crippen LogP contribution in [-0.2, 0) is 17.6 Å². The molecule has 0 aliphatic carbocycles. The van der Waals surface area contributed by atoms with E-state index in [1.807, 2.05) is 24.3 Å². The van der Waals surface area contributed by atoms with Crippen LogP contribution >= 0.6 is 0 Å². The molecule has 164 valence electrons. The first kappa shape index (κ1) is 23.2. The van der Waals surface area contributed by atoms with Crippen LogP contribution in [0.3, 0.4) is 0 Å². The standard InChI is InChI=1S/C23H30O7/c1-25-18-13-9-15(20(27-3)22(18)29-5)7-11-17(24)12-8-16-10-14-19(26-2)23(30-6)21(16)28-4/h9-10,13-14H,7-8,11-12H2,1-6H3. The summed E-state index contributed by atoms with van der Waals surface area (Å²) in [5, 5.41) is 0. The monoisotopic (exact) mass is 418 g/mol. The zero-order chi connectivity index (χ0) is 22.1. The van der Waals surface area contributed by atoms with Crippen molar-refractivity contribution in [3.63, 3.8) is 0 Å². The molecule has 0 N–H and O–H groups in total. The Bertz CT molecular complexity index is 792. The van der Waals surface area contributed by atoms with Gasteiger partial charge in [-0.15, -0.1) is 0 Å². The summed E-state index contributed by atoms with van der Waals surface area (Å²) in [6.07, 6.45) is 1.87. The molecule has 2 aromatic carbocycles. The third-order valence-corrected chi connectivity index (χ3v) is 4.92. The van der Waals surface area contributed by atoms with Crippen molar-refractivity contribution in [3.05, 3.63) is 35.4 Å². The molecule has 0 aromatic heterocycles. The van der Waals surface area contributed by atoms with E-state index >= 15 is 0 Å². The second-order valence-electron chi connectivity index (χ2n) is 6.53. The molecule has 7 nitrogen and oxygen atoms in total. The van der Waals surface area contributed by atoms with Gasteiger partial charge < -0.3 is 28.4 Å². The highest BCUT2D eigenvalue weighted by Crippen LogP contribution is 2.41. The molecule has 0 radical (unpaired) electrons. The summed E-state index contributed by atoms with van der Waals surface area (Å²) >= 11 is 0. The highest BCUT2D eigenvalue weighted by atomic mass is 16.5. The van der Waals surface area contributed by atoms with Crippen molar-refractivity contribution in [2.75, 3.05) is 42.7 Å². The van der Waals surface area contributed by atoms with Gasteiger partial charge in [0.1, 0.15) is 5.78 Å². The van der Waals surface area contributed by atoms with Crippen LogP contribution in [0.4, 0.5) is 0 Å². The van der Waals surface area contributed by atoms with Gasteiger partial charge in [0.2, 0.25) is 11.5 Å². The van der Waals surface area contributed by atoms with Crippen LogP contribution < -0.4 is 28.4 Å². The molecule has 2 aromatic rings. The van der Waals surface area contributed by atoms with Gasteiger partial charge in [-0.2, -0.15) is 0 Å². The summed E-state index contributed by atoms with van der Waals surface area (Å²) in [6.45, 7) is 0. The number of carbonyl (C=O) groups excluding carboxylic acids is 1. The normalized spacial score (nSPS) is 10.3. The molecule has 0 spiro atoms. The summed E-state index contributed by atoms with van der Waals surface area (Å²) < 4.78 is 32.4. The van der Waals surface area contributed by atoms with E-state index in [1.165, 1.54) is 0 Å². The topological polar surface area (TPSA) is 72.5 Å². The van der Waals surface area contributed by atoms with Crippen molar-refractivity contribution in [3.8, 4) is 34.5 Å². The van der Waals surface area contributed by atoms with Gasteiger partial charge >= 0.3 is 0 Å². The van der Waals surface area contributed by atoms with Gasteiger partial charge in [0.05, 0.1) is 42.7 Å². The summed E-state index contributed by atoms with van der Waals surface area (Å²) in [5.41, 5.74) is 1.79. The molecule has 0 saturated heterocycles. The molecule has 0 heterocycles. The maximum absolute atomic E-state index is 12.6. The van der Waals surface area contributed by atoms with Gasteiger partial charge in [0.15, 0.2) is 23.0 Å². The Morgan fingerprint density at radius 3 is 1.23 bits per heavy atom. The van der Waals surface area contributed by atoms with E-state index < -0.39 is 0 Å². The fraction of sp³-hybridized carbons (Fsp3) is 0.435. The molecule has 0 unspecified atom stereocenters. The van der Waals surface area contributed by atoms with Crippen LogP contribution in [0, 0.1) is 0 Å². The summed E-state index contributed by atoms with van der Waals surface area (Å²) in [6, 6.07) is 7.42. The zero-order valence-electron chi connectivity index (χ0n) is 18.5. The van der Waals surface area contributed by atoms with E-state index in [9.17, 15) is 4.79 Å². The minimum Gasteiger partial charge on any atom is -0.493 e. The van der Waals surface area contributed by atoms with Gasteiger partial charge in [-0.25, -0.2) is 0 Å². The van der Waals surface area contributed by atoms with Gasteiger partial charge in [0, 0.05) is 12.8 Å². The van der Waals surface area contributed by atoms with Crippen LogP contribution in [0.1, 0.15) is 24.0 Å². The molecule has 0 bridgehead atoms. The number of Topliss-reactive ketones (excluding diaryl/α,β-unsaturated/α-hetero) is 1. The second kappa shape index (κ2) is 11.2. The number of carbonyl (C=O) groups is 1. The first-order valence-electron chi connectivity index (χ1n) is 9.61. The molecule has 0 amide bonds. The molecular weight excluding hydrogens is 388 g/mol. The average Bonchev–Trinajstić information content (AvgIpc) is 2.79. The predicted molar refractivity (Wildman–Crippen MR) is 114 cm³/mol. The van der Waals surface area contributed by atoms with Crippen molar-refractivity contribution in [2.24, 2.45) is 0 Å². The Balaban J connectivity index is 2.06. The SMILES string of the molecule is COc1ccc(CCC(=O)CCc2ccc(OC)c(OC)c2OC)c(OC)c1OC. The number of methoxy groups -OCH3 is 6. The Hall–Kier alpha value is -3.09. The lowest BCUT2D eigenvalue weighted by Gasteiger charge is -2.16. The summed E-state index contributed by atoms with van der Waals surface area (Å²) in [7, 11) is 9.42. The Morgan fingerprint density at radius 1 is 0.567 bits per heavy atom. The molecule has 0 aliphatic rings. The fourth-order valence-corrected chi connectivity index (χ4v) is 3.39. The Morgan fingerprint density at radius 2 is 0.933 bits per heavy atom. The molecule has 30 heavy (non-hydrogen) atoms. The van der Waals surface area contributed by atoms with Crippen molar-refractivity contribution in [2.45, 2.75) is 25.7 Å². The van der Waals surface area contributed by atoms with Crippen molar-refractivity contribution in [1.29, 1.82) is 0 Å². The van der Waals surface area contributed by atoms with Gasteiger partial charge in [0.25, 0.3) is 0 Å². The molecule has 0 fully saturated rings. The minimum absolute atomic E-state index is 0.142. The van der Waals surface area contributed by atoms with Gasteiger partial charge in [-0.05, 0) is 36.1 Å². The number of hydrogen-bond donors (Lipinski definition) is 0. The minimum atomic E-state index is 0.142.